The molecule has 9 nitrogen and oxygen atoms in total. The highest BCUT2D eigenvalue weighted by atomic mass is 19.1. The molecular weight excluding hydrogens is 461 g/mol. The molecule has 0 saturated carbocycles. The summed E-state index contributed by atoms with van der Waals surface area (Å²) in [5, 5.41) is 8.46. The first-order valence-corrected chi connectivity index (χ1v) is 11.5. The molecule has 0 spiro atoms. The van der Waals surface area contributed by atoms with Gasteiger partial charge < -0.3 is 20.5 Å². The minimum absolute atomic E-state index is 0.272. The Hall–Kier alpha value is -4.15. The highest BCUT2D eigenvalue weighted by Gasteiger charge is 2.41. The number of pyridine rings is 1. The van der Waals surface area contributed by atoms with E-state index in [-0.39, 0.29) is 11.8 Å². The number of ether oxygens (including phenoxy) is 2. The minimum Gasteiger partial charge on any atom is -0.488 e. The Morgan fingerprint density at radius 1 is 1.14 bits per heavy atom. The maximum absolute atomic E-state index is 15.3. The third-order valence-electron chi connectivity index (χ3n) is 6.57. The molecule has 1 atom stereocenters. The molecule has 0 amide bonds. The number of rotatable bonds is 6. The zero-order valence-corrected chi connectivity index (χ0v) is 19.8. The number of aryl methyl sites for hydroxylation is 1. The Labute approximate surface area is 206 Å². The first-order valence-electron chi connectivity index (χ1n) is 11.5. The molecule has 6 rings (SSSR count). The van der Waals surface area contributed by atoms with E-state index < -0.39 is 11.4 Å². The quantitative estimate of drug-likeness (QED) is 0.372. The minimum atomic E-state index is -0.600. The van der Waals surface area contributed by atoms with Gasteiger partial charge in [0.2, 0.25) is 0 Å². The lowest BCUT2D eigenvalue weighted by Crippen LogP contribution is -2.65. The van der Waals surface area contributed by atoms with Gasteiger partial charge in [-0.15, -0.1) is 0 Å². The van der Waals surface area contributed by atoms with Crippen LogP contribution in [0.2, 0.25) is 0 Å². The Balaban J connectivity index is 1.48. The van der Waals surface area contributed by atoms with E-state index in [2.05, 4.69) is 25.4 Å². The van der Waals surface area contributed by atoms with Gasteiger partial charge in [0.25, 0.3) is 0 Å². The number of halogens is 1. The van der Waals surface area contributed by atoms with Crippen molar-refractivity contribution in [2.45, 2.75) is 18.6 Å². The average Bonchev–Trinajstić information content (AvgIpc) is 3.30. The summed E-state index contributed by atoms with van der Waals surface area (Å²) in [6.07, 6.45) is 6.41. The maximum atomic E-state index is 15.3. The molecule has 3 N–H and O–H groups in total. The predicted molar refractivity (Wildman–Crippen MR) is 135 cm³/mol. The second kappa shape index (κ2) is 8.51. The van der Waals surface area contributed by atoms with Gasteiger partial charge in [-0.2, -0.15) is 5.10 Å². The normalized spacial score (nSPS) is 15.6. The molecule has 4 heterocycles. The summed E-state index contributed by atoms with van der Waals surface area (Å²) in [6, 6.07) is 10.6. The number of fused-ring (bicyclic) bond motifs is 2. The molecule has 1 unspecified atom stereocenters. The van der Waals surface area contributed by atoms with E-state index in [0.29, 0.717) is 46.6 Å². The standard InChI is InChI=1S/C26H24FN7O2/c1-15(26(28)12-35-13-26)36-22-9-16(17-10-32-34(2)11-17)8-21-23(22)25(31-14-30-21)33-20-6-5-19-18(24(20)27)4-3-7-29-19/h3-11,14-15H,12-13,28H2,1-2H3,(H,30,31,33). The summed E-state index contributed by atoms with van der Waals surface area (Å²) < 4.78 is 28.8. The molecule has 5 aromatic rings. The highest BCUT2D eigenvalue weighted by Crippen LogP contribution is 2.38. The van der Waals surface area contributed by atoms with Gasteiger partial charge >= 0.3 is 0 Å². The van der Waals surface area contributed by atoms with Gasteiger partial charge in [-0.1, -0.05) is 0 Å². The fourth-order valence-corrected chi connectivity index (χ4v) is 4.30. The van der Waals surface area contributed by atoms with Crippen LogP contribution in [0.5, 0.6) is 5.75 Å². The van der Waals surface area contributed by atoms with Crippen LogP contribution < -0.4 is 15.8 Å². The fourth-order valence-electron chi connectivity index (χ4n) is 4.30. The molecule has 1 saturated heterocycles. The van der Waals surface area contributed by atoms with Gasteiger partial charge in [0.05, 0.1) is 47.1 Å². The van der Waals surface area contributed by atoms with Crippen LogP contribution >= 0.6 is 0 Å². The van der Waals surface area contributed by atoms with E-state index in [1.807, 2.05) is 32.3 Å². The van der Waals surface area contributed by atoms with Crippen molar-refractivity contribution in [3.05, 3.63) is 67.1 Å². The Morgan fingerprint density at radius 2 is 2.00 bits per heavy atom. The van der Waals surface area contributed by atoms with Crippen molar-refractivity contribution in [2.75, 3.05) is 18.5 Å². The van der Waals surface area contributed by atoms with Crippen LogP contribution in [0.3, 0.4) is 0 Å². The van der Waals surface area contributed by atoms with Crippen LogP contribution in [0, 0.1) is 5.82 Å². The van der Waals surface area contributed by atoms with Crippen LogP contribution in [0.15, 0.2) is 61.3 Å². The van der Waals surface area contributed by atoms with Gasteiger partial charge in [-0.05, 0) is 48.9 Å². The van der Waals surface area contributed by atoms with Crippen LogP contribution in [-0.2, 0) is 11.8 Å². The second-order valence-corrected chi connectivity index (χ2v) is 9.10. The van der Waals surface area contributed by atoms with Crippen molar-refractivity contribution in [1.82, 2.24) is 24.7 Å². The first kappa shape index (κ1) is 22.3. The number of hydrogen-bond acceptors (Lipinski definition) is 8. The van der Waals surface area contributed by atoms with Crippen molar-refractivity contribution < 1.29 is 13.9 Å². The topological polar surface area (TPSA) is 113 Å². The molecule has 1 fully saturated rings. The smallest absolute Gasteiger partial charge is 0.156 e. The second-order valence-electron chi connectivity index (χ2n) is 9.10. The summed E-state index contributed by atoms with van der Waals surface area (Å²) >= 11 is 0. The van der Waals surface area contributed by atoms with E-state index in [9.17, 15) is 0 Å². The number of nitrogens with zero attached hydrogens (tertiary/aromatic N) is 5. The molecule has 1 aliphatic heterocycles. The monoisotopic (exact) mass is 485 g/mol. The molecule has 1 aliphatic rings. The lowest BCUT2D eigenvalue weighted by molar-refractivity contribution is -0.0986. The summed E-state index contributed by atoms with van der Waals surface area (Å²) in [5.41, 5.74) is 9.12. The summed E-state index contributed by atoms with van der Waals surface area (Å²) in [4.78, 5) is 13.2. The number of nitrogens with two attached hydrogens (primary N) is 1. The van der Waals surface area contributed by atoms with Crippen molar-refractivity contribution in [3.8, 4) is 16.9 Å². The Kier molecular flexibility index (Phi) is 5.27. The van der Waals surface area contributed by atoms with Gasteiger partial charge in [-0.3, -0.25) is 9.67 Å². The van der Waals surface area contributed by atoms with E-state index >= 15 is 4.39 Å². The zero-order valence-electron chi connectivity index (χ0n) is 19.8. The molecule has 10 heteroatoms. The zero-order chi connectivity index (χ0) is 24.9. The van der Waals surface area contributed by atoms with E-state index in [0.717, 1.165) is 11.1 Å². The average molecular weight is 486 g/mol. The lowest BCUT2D eigenvalue weighted by Gasteiger charge is -2.42. The van der Waals surface area contributed by atoms with Crippen LogP contribution in [0.25, 0.3) is 32.9 Å². The van der Waals surface area contributed by atoms with Crippen molar-refractivity contribution in [1.29, 1.82) is 0 Å². The largest absolute Gasteiger partial charge is 0.488 e. The Morgan fingerprint density at radius 3 is 2.75 bits per heavy atom. The van der Waals surface area contributed by atoms with Gasteiger partial charge in [-0.25, -0.2) is 14.4 Å². The number of nitrogens with one attached hydrogen (secondary N) is 1. The van der Waals surface area contributed by atoms with E-state index in [1.165, 1.54) is 6.33 Å². The van der Waals surface area contributed by atoms with Crippen LogP contribution in [0.4, 0.5) is 15.9 Å². The number of hydrogen-bond donors (Lipinski definition) is 2. The molecule has 0 bridgehead atoms. The van der Waals surface area contributed by atoms with Crippen molar-refractivity contribution in [2.24, 2.45) is 12.8 Å². The SMILES string of the molecule is CC(Oc1cc(-c2cnn(C)c2)cc2ncnc(Nc3ccc4ncccc4c3F)c12)C1(N)COC1. The number of anilines is 2. The van der Waals surface area contributed by atoms with Gasteiger partial charge in [0.15, 0.2) is 5.82 Å². The maximum Gasteiger partial charge on any atom is 0.156 e. The molecule has 182 valence electrons. The molecule has 2 aromatic carbocycles. The van der Waals surface area contributed by atoms with Crippen molar-refractivity contribution in [3.63, 3.8) is 0 Å². The third-order valence-corrected chi connectivity index (χ3v) is 6.57. The lowest BCUT2D eigenvalue weighted by atomic mass is 9.92. The summed E-state index contributed by atoms with van der Waals surface area (Å²) in [7, 11) is 1.86. The first-order chi connectivity index (χ1) is 17.4. The van der Waals surface area contributed by atoms with Gasteiger partial charge in [0.1, 0.15) is 24.0 Å². The molecule has 3 aromatic heterocycles. The molecule has 36 heavy (non-hydrogen) atoms. The van der Waals surface area contributed by atoms with E-state index in [1.54, 1.807) is 41.3 Å². The van der Waals surface area contributed by atoms with E-state index in [4.69, 9.17) is 15.2 Å². The van der Waals surface area contributed by atoms with Crippen LogP contribution in [0.1, 0.15) is 6.92 Å². The van der Waals surface area contributed by atoms with Gasteiger partial charge in [0, 0.05) is 30.4 Å². The predicted octanol–water partition coefficient (Wildman–Crippen LogP) is 3.96. The van der Waals surface area contributed by atoms with Crippen molar-refractivity contribution >= 4 is 33.3 Å². The molecule has 0 aliphatic carbocycles. The summed E-state index contributed by atoms with van der Waals surface area (Å²) in [6.45, 7) is 2.73. The fraction of sp³-hybridized carbons (Fsp3) is 0.231. The highest BCUT2D eigenvalue weighted by molar-refractivity contribution is 5.99. The molecule has 0 radical (unpaired) electrons. The third kappa shape index (κ3) is 3.80. The molecular formula is C26H24FN7O2. The summed E-state index contributed by atoms with van der Waals surface area (Å²) in [5.74, 6) is 0.530. The Bertz CT molecular complexity index is 1600. The van der Waals surface area contributed by atoms with Crippen LogP contribution in [-0.4, -0.2) is 49.6 Å². The number of benzene rings is 2. The number of aromatic nitrogens is 5.